The van der Waals surface area contributed by atoms with E-state index in [1.165, 1.54) is 28.3 Å². The van der Waals surface area contributed by atoms with E-state index >= 15 is 0 Å². The first-order chi connectivity index (χ1) is 14.2. The van der Waals surface area contributed by atoms with Crippen LogP contribution in [0.1, 0.15) is 46.2 Å². The topological polar surface area (TPSA) is 75.8 Å². The number of hydrogen-bond acceptors (Lipinski definition) is 3. The lowest BCUT2D eigenvalue weighted by Gasteiger charge is -2.14. The summed E-state index contributed by atoms with van der Waals surface area (Å²) in [7, 11) is 0.172. The maximum absolute atomic E-state index is 14.4. The second-order valence-corrected chi connectivity index (χ2v) is 10.4. The summed E-state index contributed by atoms with van der Waals surface area (Å²) in [5.74, 6) is -1.00. The molecule has 0 saturated heterocycles. The van der Waals surface area contributed by atoms with Crippen molar-refractivity contribution in [3.63, 3.8) is 0 Å². The van der Waals surface area contributed by atoms with Gasteiger partial charge in [0.15, 0.2) is 0 Å². The Labute approximate surface area is 177 Å². The number of aryl methyl sites for hydroxylation is 2. The van der Waals surface area contributed by atoms with Crippen molar-refractivity contribution >= 4 is 15.8 Å². The van der Waals surface area contributed by atoms with Gasteiger partial charge in [-0.3, -0.25) is 4.79 Å². The molecule has 0 radical (unpaired) electrons. The first-order valence-corrected chi connectivity index (χ1v) is 12.0. The average molecular weight is 430 g/mol. The lowest BCUT2D eigenvalue weighted by Crippen LogP contribution is -2.18. The molecule has 0 saturated carbocycles. The third-order valence-electron chi connectivity index (χ3n) is 6.01. The van der Waals surface area contributed by atoms with Crippen molar-refractivity contribution in [2.45, 2.75) is 56.4 Å². The number of nitrogens with two attached hydrogens (primary N) is 1. The molecule has 160 valence electrons. The summed E-state index contributed by atoms with van der Waals surface area (Å²) in [4.78, 5) is 14.6. The van der Waals surface area contributed by atoms with Crippen LogP contribution in [0.15, 0.2) is 33.5 Å². The third-order valence-corrected chi connectivity index (χ3v) is 7.42. The van der Waals surface area contributed by atoms with Crippen LogP contribution in [0.25, 0.3) is 0 Å². The fourth-order valence-corrected chi connectivity index (χ4v) is 5.72. The molecule has 1 amide bonds. The Kier molecular flexibility index (Phi) is 5.79. The highest BCUT2D eigenvalue weighted by molar-refractivity contribution is 7.91. The number of amides is 1. The molecule has 1 unspecified atom stereocenters. The second kappa shape index (κ2) is 8.21. The summed E-state index contributed by atoms with van der Waals surface area (Å²) < 4.78 is 31.2. The first kappa shape index (κ1) is 21.2. The lowest BCUT2D eigenvalue weighted by atomic mass is 9.92. The Morgan fingerprint density at radius 2 is 1.73 bits per heavy atom. The van der Waals surface area contributed by atoms with E-state index in [0.717, 1.165) is 50.2 Å². The number of fused-ring (bicyclic) bond motifs is 2. The summed E-state index contributed by atoms with van der Waals surface area (Å²) in [6.45, 7) is 0.415. The van der Waals surface area contributed by atoms with Crippen LogP contribution in [-0.2, 0) is 53.4 Å². The predicted octanol–water partition coefficient (Wildman–Crippen LogP) is 3.33. The van der Waals surface area contributed by atoms with Crippen LogP contribution < -0.4 is 5.14 Å². The van der Waals surface area contributed by atoms with Gasteiger partial charge in [-0.25, -0.2) is 13.7 Å². The summed E-state index contributed by atoms with van der Waals surface area (Å²) in [6.07, 6.45) is 6.36. The van der Waals surface area contributed by atoms with Crippen molar-refractivity contribution in [3.05, 3.63) is 63.5 Å². The van der Waals surface area contributed by atoms with Crippen LogP contribution in [0.2, 0.25) is 0 Å². The Morgan fingerprint density at radius 3 is 2.30 bits per heavy atom. The number of carbonyl (C=O) groups is 1. The molecule has 0 aliphatic heterocycles. The Hall–Kier alpha value is -2.09. The number of nitrogens with zero attached hydrogens (tertiary/aromatic N) is 2. The maximum Gasteiger partial charge on any atom is 0.259 e. The monoisotopic (exact) mass is 429 g/mol. The molecule has 2 aromatic carbocycles. The lowest BCUT2D eigenvalue weighted by molar-refractivity contribution is -0.117. The highest BCUT2D eigenvalue weighted by Gasteiger charge is 2.25. The smallest absolute Gasteiger partial charge is 0.259 e. The van der Waals surface area contributed by atoms with Crippen LogP contribution in [0.3, 0.4) is 0 Å². The van der Waals surface area contributed by atoms with Crippen molar-refractivity contribution in [1.82, 2.24) is 4.90 Å². The molecule has 0 aromatic heterocycles. The van der Waals surface area contributed by atoms with E-state index in [0.29, 0.717) is 12.1 Å². The molecule has 0 fully saturated rings. The van der Waals surface area contributed by atoms with Crippen molar-refractivity contribution in [2.75, 3.05) is 14.1 Å². The first-order valence-electron chi connectivity index (χ1n) is 10.4. The maximum atomic E-state index is 14.4. The van der Waals surface area contributed by atoms with Gasteiger partial charge in [0.1, 0.15) is 15.7 Å². The van der Waals surface area contributed by atoms with Crippen LogP contribution in [0, 0.1) is 5.82 Å². The number of halogens is 1. The fourth-order valence-electron chi connectivity index (χ4n) is 4.71. The number of hydrogen-bond donors (Lipinski definition) is 1. The number of rotatable bonds is 5. The number of benzene rings is 2. The van der Waals surface area contributed by atoms with E-state index in [4.69, 9.17) is 5.14 Å². The Balaban J connectivity index is 1.62. The number of carbonyl (C=O) groups excluding carboxylic acids is 1. The van der Waals surface area contributed by atoms with Crippen LogP contribution in [-0.4, -0.2) is 29.1 Å². The molecule has 2 aromatic rings. The van der Waals surface area contributed by atoms with Crippen LogP contribution in [0.5, 0.6) is 0 Å². The van der Waals surface area contributed by atoms with Crippen molar-refractivity contribution in [2.24, 2.45) is 9.50 Å². The normalized spacial score (nSPS) is 17.0. The molecule has 30 heavy (non-hydrogen) atoms. The average Bonchev–Trinajstić information content (AvgIpc) is 3.31. The largest absolute Gasteiger partial charge is 0.305 e. The minimum atomic E-state index is -3.50. The molecule has 0 bridgehead atoms. The van der Waals surface area contributed by atoms with Gasteiger partial charge in [0.25, 0.3) is 5.91 Å². The van der Waals surface area contributed by atoms with E-state index in [-0.39, 0.29) is 11.3 Å². The highest BCUT2D eigenvalue weighted by Crippen LogP contribution is 2.35. The van der Waals surface area contributed by atoms with E-state index in [9.17, 15) is 13.4 Å². The molecular weight excluding hydrogens is 401 g/mol. The van der Waals surface area contributed by atoms with Gasteiger partial charge in [0.05, 0.1) is 11.3 Å². The molecular formula is C23H28FN3O2S. The zero-order valence-corrected chi connectivity index (χ0v) is 18.4. The quantitative estimate of drug-likeness (QED) is 0.792. The minimum absolute atomic E-state index is 0.0411. The molecule has 2 N–H and O–H groups in total. The highest BCUT2D eigenvalue weighted by atomic mass is 32.2. The van der Waals surface area contributed by atoms with Gasteiger partial charge in [-0.15, -0.1) is 4.36 Å². The van der Waals surface area contributed by atoms with Gasteiger partial charge in [0.2, 0.25) is 0 Å². The van der Waals surface area contributed by atoms with Gasteiger partial charge in [-0.2, -0.15) is 0 Å². The van der Waals surface area contributed by atoms with E-state index in [1.54, 1.807) is 6.07 Å². The van der Waals surface area contributed by atoms with Gasteiger partial charge in [-0.05, 0) is 92.6 Å². The van der Waals surface area contributed by atoms with Gasteiger partial charge in [-0.1, -0.05) is 12.1 Å². The summed E-state index contributed by atoms with van der Waals surface area (Å²) in [5.41, 5.74) is 6.74. The SMILES string of the molecule is CN(C)Cc1ccc(S(N)(=O)=NC(=O)Cc2c3c(cc4c2CCC4)CCC3)cc1F. The Bertz CT molecular complexity index is 1100. The molecule has 7 heteroatoms. The van der Waals surface area contributed by atoms with E-state index in [2.05, 4.69) is 10.4 Å². The van der Waals surface area contributed by atoms with E-state index < -0.39 is 21.6 Å². The molecule has 2 aliphatic rings. The van der Waals surface area contributed by atoms with Crippen molar-refractivity contribution in [1.29, 1.82) is 0 Å². The molecule has 2 aliphatic carbocycles. The molecule has 0 heterocycles. The van der Waals surface area contributed by atoms with Crippen molar-refractivity contribution < 1.29 is 13.4 Å². The van der Waals surface area contributed by atoms with Crippen molar-refractivity contribution in [3.8, 4) is 0 Å². The molecule has 4 rings (SSSR count). The molecule has 1 atom stereocenters. The molecule has 0 spiro atoms. The minimum Gasteiger partial charge on any atom is -0.305 e. The Morgan fingerprint density at radius 1 is 1.10 bits per heavy atom. The van der Waals surface area contributed by atoms with E-state index in [1.807, 2.05) is 19.0 Å². The second-order valence-electron chi connectivity index (χ2n) is 8.56. The standard InChI is InChI=1S/C23H28FN3O2S/c1-27(2)14-17-9-10-18(12-22(17)24)30(25,29)26-23(28)13-21-19-7-3-5-15(19)11-16-6-4-8-20(16)21/h9-12H,3-8,13-14H2,1-2H3,(H2,25,26,28,29). The molecule has 5 nitrogen and oxygen atoms in total. The van der Waals surface area contributed by atoms with Crippen LogP contribution in [0.4, 0.5) is 4.39 Å². The predicted molar refractivity (Wildman–Crippen MR) is 116 cm³/mol. The van der Waals surface area contributed by atoms with Gasteiger partial charge < -0.3 is 4.90 Å². The zero-order chi connectivity index (χ0) is 21.5. The third kappa shape index (κ3) is 4.19. The summed E-state index contributed by atoms with van der Waals surface area (Å²) in [6, 6.07) is 6.49. The van der Waals surface area contributed by atoms with Gasteiger partial charge >= 0.3 is 0 Å². The zero-order valence-electron chi connectivity index (χ0n) is 17.5. The summed E-state index contributed by atoms with van der Waals surface area (Å²) >= 11 is 0. The summed E-state index contributed by atoms with van der Waals surface area (Å²) in [5, 5.41) is 5.90. The van der Waals surface area contributed by atoms with Crippen LogP contribution >= 0.6 is 0 Å². The van der Waals surface area contributed by atoms with Gasteiger partial charge in [0, 0.05) is 12.1 Å². The fraction of sp³-hybridized carbons (Fsp3) is 0.435.